The van der Waals surface area contributed by atoms with E-state index in [9.17, 15) is 9.59 Å². The highest BCUT2D eigenvalue weighted by Gasteiger charge is 2.42. The Bertz CT molecular complexity index is 440. The number of carbonyl (C=O) groups is 2. The maximum atomic E-state index is 12.5. The minimum absolute atomic E-state index is 0.0722. The fourth-order valence-electron chi connectivity index (χ4n) is 2.98. The van der Waals surface area contributed by atoms with Gasteiger partial charge in [-0.25, -0.2) is 0 Å². The van der Waals surface area contributed by atoms with Crippen molar-refractivity contribution in [2.45, 2.75) is 32.1 Å². The van der Waals surface area contributed by atoms with Crippen molar-refractivity contribution in [2.75, 3.05) is 48.3 Å². The third-order valence-electron chi connectivity index (χ3n) is 4.37. The fourth-order valence-corrected chi connectivity index (χ4v) is 2.98. The van der Waals surface area contributed by atoms with Crippen LogP contribution in [0.4, 0.5) is 0 Å². The molecule has 132 valence electrons. The van der Waals surface area contributed by atoms with Crippen LogP contribution in [0.5, 0.6) is 0 Å². The molecule has 7 heteroatoms. The number of carbonyl (C=O) groups excluding carboxylic acids is 2. The molecule has 7 nitrogen and oxygen atoms in total. The lowest BCUT2D eigenvalue weighted by Crippen LogP contribution is -2.49. The van der Waals surface area contributed by atoms with Gasteiger partial charge in [0.25, 0.3) is 0 Å². The summed E-state index contributed by atoms with van der Waals surface area (Å²) in [6.45, 7) is 1.09. The first-order chi connectivity index (χ1) is 10.8. The van der Waals surface area contributed by atoms with Crippen molar-refractivity contribution in [1.82, 2.24) is 20.4 Å². The van der Waals surface area contributed by atoms with E-state index in [1.807, 2.05) is 14.1 Å². The average Bonchev–Trinajstić information content (AvgIpc) is 2.99. The van der Waals surface area contributed by atoms with E-state index in [0.29, 0.717) is 25.5 Å². The molecule has 0 aromatic rings. The number of amides is 2. The van der Waals surface area contributed by atoms with Crippen molar-refractivity contribution in [1.29, 1.82) is 0 Å². The van der Waals surface area contributed by atoms with Crippen LogP contribution in [0.2, 0.25) is 0 Å². The second-order valence-corrected chi connectivity index (χ2v) is 6.58. The SMILES string of the molecule is CN=C(NCCC(=O)N(C)C)NCC1(C(=O)N(C)C)CCCC1. The van der Waals surface area contributed by atoms with Crippen LogP contribution >= 0.6 is 0 Å². The standard InChI is InChI=1S/C16H31N5O2/c1-17-15(18-11-8-13(22)20(2)3)19-12-16(9-6-7-10-16)14(23)21(4)5/h6-12H2,1-5H3,(H2,17,18,19). The van der Waals surface area contributed by atoms with E-state index in [-0.39, 0.29) is 17.2 Å². The molecule has 2 amide bonds. The number of hydrogen-bond donors (Lipinski definition) is 2. The molecule has 0 heterocycles. The summed E-state index contributed by atoms with van der Waals surface area (Å²) >= 11 is 0. The molecular formula is C16H31N5O2. The molecule has 1 rings (SSSR count). The largest absolute Gasteiger partial charge is 0.356 e. The van der Waals surface area contributed by atoms with Gasteiger partial charge in [0.2, 0.25) is 11.8 Å². The number of hydrogen-bond acceptors (Lipinski definition) is 3. The topological polar surface area (TPSA) is 77.0 Å². The maximum Gasteiger partial charge on any atom is 0.230 e. The lowest BCUT2D eigenvalue weighted by atomic mass is 9.84. The van der Waals surface area contributed by atoms with Gasteiger partial charge in [0.05, 0.1) is 5.41 Å². The molecule has 0 unspecified atom stereocenters. The lowest BCUT2D eigenvalue weighted by molar-refractivity contribution is -0.138. The zero-order valence-electron chi connectivity index (χ0n) is 15.1. The number of rotatable bonds is 6. The quantitative estimate of drug-likeness (QED) is 0.543. The summed E-state index contributed by atoms with van der Waals surface area (Å²) in [5, 5.41) is 6.39. The highest BCUT2D eigenvalue weighted by atomic mass is 16.2. The first kappa shape index (κ1) is 19.3. The summed E-state index contributed by atoms with van der Waals surface area (Å²) in [7, 11) is 8.79. The van der Waals surface area contributed by atoms with Gasteiger partial charge >= 0.3 is 0 Å². The van der Waals surface area contributed by atoms with Crippen LogP contribution in [0.25, 0.3) is 0 Å². The third-order valence-corrected chi connectivity index (χ3v) is 4.37. The Morgan fingerprint density at radius 2 is 1.65 bits per heavy atom. The Morgan fingerprint density at radius 1 is 1.04 bits per heavy atom. The fraction of sp³-hybridized carbons (Fsp3) is 0.812. The predicted octanol–water partition coefficient (Wildman–Crippen LogP) is 0.278. The lowest BCUT2D eigenvalue weighted by Gasteiger charge is -2.31. The molecule has 0 saturated heterocycles. The summed E-state index contributed by atoms with van der Waals surface area (Å²) in [5.41, 5.74) is -0.333. The van der Waals surface area contributed by atoms with Crippen LogP contribution in [0.3, 0.4) is 0 Å². The number of aliphatic imine (C=N–C) groups is 1. The number of nitrogens with zero attached hydrogens (tertiary/aromatic N) is 3. The summed E-state index contributed by atoms with van der Waals surface area (Å²) < 4.78 is 0. The summed E-state index contributed by atoms with van der Waals surface area (Å²) in [5.74, 6) is 0.887. The molecule has 0 bridgehead atoms. The second-order valence-electron chi connectivity index (χ2n) is 6.58. The molecular weight excluding hydrogens is 294 g/mol. The van der Waals surface area contributed by atoms with Gasteiger partial charge in [0.1, 0.15) is 0 Å². The Kier molecular flexibility index (Phi) is 7.32. The molecule has 0 atom stereocenters. The van der Waals surface area contributed by atoms with E-state index < -0.39 is 0 Å². The van der Waals surface area contributed by atoms with Crippen molar-refractivity contribution in [3.63, 3.8) is 0 Å². The van der Waals surface area contributed by atoms with Crippen LogP contribution in [0.1, 0.15) is 32.1 Å². The Labute approximate surface area is 139 Å². The van der Waals surface area contributed by atoms with Crippen LogP contribution in [-0.4, -0.2) is 75.9 Å². The van der Waals surface area contributed by atoms with Gasteiger partial charge < -0.3 is 20.4 Å². The molecule has 23 heavy (non-hydrogen) atoms. The zero-order valence-corrected chi connectivity index (χ0v) is 15.1. The average molecular weight is 325 g/mol. The third kappa shape index (κ3) is 5.41. The van der Waals surface area contributed by atoms with Gasteiger partial charge in [-0.2, -0.15) is 0 Å². The zero-order chi connectivity index (χ0) is 17.5. The molecule has 1 saturated carbocycles. The molecule has 0 spiro atoms. The number of nitrogens with one attached hydrogen (secondary N) is 2. The van der Waals surface area contributed by atoms with Crippen molar-refractivity contribution in [3.8, 4) is 0 Å². The van der Waals surface area contributed by atoms with E-state index >= 15 is 0 Å². The van der Waals surface area contributed by atoms with E-state index in [4.69, 9.17) is 0 Å². The summed E-state index contributed by atoms with van der Waals surface area (Å²) in [6, 6.07) is 0. The van der Waals surface area contributed by atoms with Crippen molar-refractivity contribution < 1.29 is 9.59 Å². The van der Waals surface area contributed by atoms with E-state index in [1.54, 1.807) is 30.9 Å². The number of guanidine groups is 1. The van der Waals surface area contributed by atoms with Gasteiger partial charge in [0.15, 0.2) is 5.96 Å². The first-order valence-electron chi connectivity index (χ1n) is 8.19. The molecule has 0 aliphatic heterocycles. The van der Waals surface area contributed by atoms with E-state index in [2.05, 4.69) is 15.6 Å². The smallest absolute Gasteiger partial charge is 0.230 e. The van der Waals surface area contributed by atoms with Crippen LogP contribution < -0.4 is 10.6 Å². The van der Waals surface area contributed by atoms with Gasteiger partial charge in [0, 0.05) is 54.7 Å². The van der Waals surface area contributed by atoms with Gasteiger partial charge in [-0.15, -0.1) is 0 Å². The van der Waals surface area contributed by atoms with Crippen molar-refractivity contribution in [3.05, 3.63) is 0 Å². The molecule has 0 radical (unpaired) electrons. The molecule has 0 aromatic heterocycles. The van der Waals surface area contributed by atoms with Crippen LogP contribution in [0.15, 0.2) is 4.99 Å². The molecule has 2 N–H and O–H groups in total. The van der Waals surface area contributed by atoms with Crippen molar-refractivity contribution in [2.24, 2.45) is 10.4 Å². The molecule has 1 aliphatic carbocycles. The summed E-state index contributed by atoms with van der Waals surface area (Å²) in [4.78, 5) is 31.5. The van der Waals surface area contributed by atoms with Gasteiger partial charge in [-0.3, -0.25) is 14.6 Å². The van der Waals surface area contributed by atoms with Crippen molar-refractivity contribution >= 4 is 17.8 Å². The second kappa shape index (κ2) is 8.74. The van der Waals surface area contributed by atoms with Gasteiger partial charge in [-0.05, 0) is 12.8 Å². The molecule has 1 fully saturated rings. The Hall–Kier alpha value is -1.79. The minimum atomic E-state index is -0.333. The summed E-state index contributed by atoms with van der Waals surface area (Å²) in [6.07, 6.45) is 4.41. The maximum absolute atomic E-state index is 12.5. The minimum Gasteiger partial charge on any atom is -0.356 e. The Morgan fingerprint density at radius 3 is 2.13 bits per heavy atom. The van der Waals surface area contributed by atoms with Crippen LogP contribution in [0, 0.1) is 5.41 Å². The van der Waals surface area contributed by atoms with Gasteiger partial charge in [-0.1, -0.05) is 12.8 Å². The monoisotopic (exact) mass is 325 g/mol. The van der Waals surface area contributed by atoms with E-state index in [0.717, 1.165) is 25.7 Å². The van der Waals surface area contributed by atoms with Crippen LogP contribution in [-0.2, 0) is 9.59 Å². The highest BCUT2D eigenvalue weighted by Crippen LogP contribution is 2.38. The first-order valence-corrected chi connectivity index (χ1v) is 8.19. The molecule has 0 aromatic carbocycles. The van der Waals surface area contributed by atoms with E-state index in [1.165, 1.54) is 0 Å². The molecule has 1 aliphatic rings. The highest BCUT2D eigenvalue weighted by molar-refractivity contribution is 5.85. The Balaban J connectivity index is 2.52. The predicted molar refractivity (Wildman–Crippen MR) is 92.3 cm³/mol. The normalized spacial score (nSPS) is 16.8.